The van der Waals surface area contributed by atoms with Crippen molar-refractivity contribution in [2.24, 2.45) is 5.73 Å². The predicted octanol–water partition coefficient (Wildman–Crippen LogP) is 2.79. The Kier molecular flexibility index (Phi) is 3.03. The third-order valence-corrected chi connectivity index (χ3v) is 3.67. The molecule has 2 heterocycles. The average Bonchev–Trinajstić information content (AvgIpc) is 2.98. The van der Waals surface area contributed by atoms with Crippen molar-refractivity contribution in [1.29, 1.82) is 0 Å². The van der Waals surface area contributed by atoms with E-state index in [0.29, 0.717) is 6.54 Å². The van der Waals surface area contributed by atoms with Gasteiger partial charge in [0.15, 0.2) is 0 Å². The molecule has 1 aliphatic heterocycles. The summed E-state index contributed by atoms with van der Waals surface area (Å²) in [6.45, 7) is 3.21. The van der Waals surface area contributed by atoms with Gasteiger partial charge in [0.1, 0.15) is 17.3 Å². The number of nitrogens with zero attached hydrogens (tertiary/aromatic N) is 1. The van der Waals surface area contributed by atoms with Crippen LogP contribution in [-0.2, 0) is 6.42 Å². The van der Waals surface area contributed by atoms with Crippen molar-refractivity contribution in [1.82, 2.24) is 0 Å². The summed E-state index contributed by atoms with van der Waals surface area (Å²) in [5.74, 6) is 1.50. The molecule has 3 rings (SSSR count). The Hall–Kier alpha value is -1.81. The zero-order chi connectivity index (χ0) is 13.4. The second-order valence-corrected chi connectivity index (χ2v) is 4.92. The summed E-state index contributed by atoms with van der Waals surface area (Å²) >= 11 is 0. The van der Waals surface area contributed by atoms with Crippen LogP contribution in [0.2, 0.25) is 0 Å². The van der Waals surface area contributed by atoms with Gasteiger partial charge in [-0.1, -0.05) is 6.07 Å². The number of hydrogen-bond donors (Lipinski definition) is 1. The molecular weight excluding hydrogens is 243 g/mol. The molecule has 0 bridgehead atoms. The number of rotatable bonds is 3. The van der Waals surface area contributed by atoms with Crippen LogP contribution in [-0.4, -0.2) is 13.1 Å². The van der Waals surface area contributed by atoms with Gasteiger partial charge in [0.25, 0.3) is 0 Å². The first kappa shape index (κ1) is 12.2. The minimum Gasteiger partial charge on any atom is -0.464 e. The van der Waals surface area contributed by atoms with Crippen molar-refractivity contribution in [2.45, 2.75) is 19.4 Å². The van der Waals surface area contributed by atoms with Gasteiger partial charge in [0.2, 0.25) is 0 Å². The largest absolute Gasteiger partial charge is 0.464 e. The molecule has 0 amide bonds. The van der Waals surface area contributed by atoms with Gasteiger partial charge in [0.05, 0.1) is 6.04 Å². The summed E-state index contributed by atoms with van der Waals surface area (Å²) < 4.78 is 19.1. The molecule has 1 aromatic carbocycles. The molecule has 19 heavy (non-hydrogen) atoms. The van der Waals surface area contributed by atoms with E-state index >= 15 is 0 Å². The lowest BCUT2D eigenvalue weighted by Gasteiger charge is -2.27. The standard InChI is InChI=1S/C15H17FN2O/c1-10-2-5-15(19-10)14(9-17)18-7-6-11-3-4-12(16)8-13(11)18/h2-5,8,14H,6-7,9,17H2,1H3. The van der Waals surface area contributed by atoms with Crippen LogP contribution in [0.5, 0.6) is 0 Å². The molecule has 1 aliphatic rings. The number of anilines is 1. The van der Waals surface area contributed by atoms with E-state index in [4.69, 9.17) is 10.2 Å². The molecule has 100 valence electrons. The molecule has 0 saturated carbocycles. The summed E-state index contributed by atoms with van der Waals surface area (Å²) in [5.41, 5.74) is 8.00. The third-order valence-electron chi connectivity index (χ3n) is 3.67. The van der Waals surface area contributed by atoms with E-state index in [2.05, 4.69) is 4.90 Å². The lowest BCUT2D eigenvalue weighted by atomic mass is 10.1. The summed E-state index contributed by atoms with van der Waals surface area (Å²) in [6.07, 6.45) is 0.922. The van der Waals surface area contributed by atoms with Gasteiger partial charge in [-0.05, 0) is 43.2 Å². The Balaban J connectivity index is 1.97. The number of furan rings is 1. The molecule has 4 heteroatoms. The fourth-order valence-corrected chi connectivity index (χ4v) is 2.73. The zero-order valence-electron chi connectivity index (χ0n) is 10.9. The average molecular weight is 260 g/mol. The number of aryl methyl sites for hydroxylation is 1. The van der Waals surface area contributed by atoms with E-state index in [1.807, 2.05) is 25.1 Å². The second-order valence-electron chi connectivity index (χ2n) is 4.92. The summed E-state index contributed by atoms with van der Waals surface area (Å²) in [6, 6.07) is 8.80. The molecule has 0 fully saturated rings. The van der Waals surface area contributed by atoms with Crippen LogP contribution in [0.3, 0.4) is 0 Å². The normalized spacial score (nSPS) is 15.6. The van der Waals surface area contributed by atoms with Crippen molar-refractivity contribution in [3.05, 3.63) is 53.2 Å². The summed E-state index contributed by atoms with van der Waals surface area (Å²) in [7, 11) is 0. The Morgan fingerprint density at radius 1 is 1.37 bits per heavy atom. The molecule has 3 nitrogen and oxygen atoms in total. The molecule has 2 N–H and O–H groups in total. The Morgan fingerprint density at radius 3 is 2.89 bits per heavy atom. The molecule has 2 aromatic rings. The van der Waals surface area contributed by atoms with Crippen LogP contribution in [0.25, 0.3) is 0 Å². The molecule has 1 aromatic heterocycles. The Morgan fingerprint density at radius 2 is 2.21 bits per heavy atom. The van der Waals surface area contributed by atoms with Crippen LogP contribution in [0.1, 0.15) is 23.1 Å². The van der Waals surface area contributed by atoms with Gasteiger partial charge in [-0.2, -0.15) is 0 Å². The van der Waals surface area contributed by atoms with Crippen molar-refractivity contribution in [3.8, 4) is 0 Å². The molecule has 0 saturated heterocycles. The zero-order valence-corrected chi connectivity index (χ0v) is 10.9. The minimum atomic E-state index is -0.211. The first-order valence-electron chi connectivity index (χ1n) is 6.50. The highest BCUT2D eigenvalue weighted by atomic mass is 19.1. The maximum absolute atomic E-state index is 13.4. The lowest BCUT2D eigenvalue weighted by Crippen LogP contribution is -2.32. The van der Waals surface area contributed by atoms with Crippen molar-refractivity contribution >= 4 is 5.69 Å². The molecule has 1 atom stereocenters. The van der Waals surface area contributed by atoms with Crippen LogP contribution in [0.15, 0.2) is 34.7 Å². The summed E-state index contributed by atoms with van der Waals surface area (Å²) in [5, 5.41) is 0. The molecule has 0 radical (unpaired) electrons. The maximum atomic E-state index is 13.4. The number of fused-ring (bicyclic) bond motifs is 1. The first-order valence-corrected chi connectivity index (χ1v) is 6.50. The monoisotopic (exact) mass is 260 g/mol. The van der Waals surface area contributed by atoms with Crippen LogP contribution >= 0.6 is 0 Å². The van der Waals surface area contributed by atoms with Gasteiger partial charge >= 0.3 is 0 Å². The van der Waals surface area contributed by atoms with Gasteiger partial charge in [0, 0.05) is 18.8 Å². The van der Waals surface area contributed by atoms with E-state index in [0.717, 1.165) is 30.2 Å². The Bertz CT molecular complexity index is 594. The van der Waals surface area contributed by atoms with Gasteiger partial charge in [-0.3, -0.25) is 0 Å². The van der Waals surface area contributed by atoms with Crippen LogP contribution < -0.4 is 10.6 Å². The minimum absolute atomic E-state index is 0.0308. The number of nitrogens with two attached hydrogens (primary N) is 1. The number of benzene rings is 1. The highest BCUT2D eigenvalue weighted by Gasteiger charge is 2.28. The first-order chi connectivity index (χ1) is 9.19. The third kappa shape index (κ3) is 2.12. The Labute approximate surface area is 111 Å². The molecule has 0 aliphatic carbocycles. The van der Waals surface area contributed by atoms with Crippen molar-refractivity contribution in [2.75, 3.05) is 18.0 Å². The highest BCUT2D eigenvalue weighted by Crippen LogP contribution is 2.35. The molecule has 0 spiro atoms. The smallest absolute Gasteiger partial charge is 0.127 e. The highest BCUT2D eigenvalue weighted by molar-refractivity contribution is 5.59. The fourth-order valence-electron chi connectivity index (χ4n) is 2.73. The predicted molar refractivity (Wildman–Crippen MR) is 72.7 cm³/mol. The second kappa shape index (κ2) is 4.70. The molecular formula is C15H17FN2O. The van der Waals surface area contributed by atoms with Gasteiger partial charge in [-0.25, -0.2) is 4.39 Å². The van der Waals surface area contributed by atoms with E-state index < -0.39 is 0 Å². The lowest BCUT2D eigenvalue weighted by molar-refractivity contribution is 0.436. The van der Waals surface area contributed by atoms with E-state index in [9.17, 15) is 4.39 Å². The van der Waals surface area contributed by atoms with E-state index in [-0.39, 0.29) is 11.9 Å². The topological polar surface area (TPSA) is 42.4 Å². The van der Waals surface area contributed by atoms with Crippen molar-refractivity contribution in [3.63, 3.8) is 0 Å². The number of hydrogen-bond acceptors (Lipinski definition) is 3. The fraction of sp³-hybridized carbons (Fsp3) is 0.333. The quantitative estimate of drug-likeness (QED) is 0.922. The number of halogens is 1. The van der Waals surface area contributed by atoms with Crippen LogP contribution in [0.4, 0.5) is 10.1 Å². The SMILES string of the molecule is Cc1ccc(C(CN)N2CCc3ccc(F)cc32)o1. The molecule has 1 unspecified atom stereocenters. The van der Waals surface area contributed by atoms with E-state index in [1.165, 1.54) is 11.6 Å². The van der Waals surface area contributed by atoms with E-state index in [1.54, 1.807) is 6.07 Å². The van der Waals surface area contributed by atoms with Crippen LogP contribution in [0, 0.1) is 12.7 Å². The van der Waals surface area contributed by atoms with Gasteiger partial charge in [-0.15, -0.1) is 0 Å². The summed E-state index contributed by atoms with van der Waals surface area (Å²) in [4.78, 5) is 2.14. The maximum Gasteiger partial charge on any atom is 0.127 e. The van der Waals surface area contributed by atoms with Crippen molar-refractivity contribution < 1.29 is 8.81 Å². The van der Waals surface area contributed by atoms with Gasteiger partial charge < -0.3 is 15.1 Å².